The number of hydrogen-bond acceptors (Lipinski definition) is 2. The zero-order valence-corrected chi connectivity index (χ0v) is 8.19. The van der Waals surface area contributed by atoms with E-state index in [1.54, 1.807) is 7.05 Å². The molecular weight excluding hydrogens is 174 g/mol. The molecule has 1 aliphatic heterocycles. The zero-order valence-electron chi connectivity index (χ0n) is 8.19. The molecule has 2 N–H and O–H groups in total. The molecule has 0 aliphatic carbocycles. The lowest BCUT2D eigenvalue weighted by Gasteiger charge is -2.28. The Morgan fingerprint density at radius 3 is 2.69 bits per heavy atom. The van der Waals surface area contributed by atoms with Gasteiger partial charge in [0.15, 0.2) is 0 Å². The summed E-state index contributed by atoms with van der Waals surface area (Å²) in [7, 11) is 1.75. The molecule has 1 saturated heterocycles. The lowest BCUT2D eigenvalue weighted by Crippen LogP contribution is -2.52. The molecule has 4 heteroatoms. The van der Waals surface area contributed by atoms with E-state index >= 15 is 0 Å². The molecule has 1 aliphatic rings. The molecular formula is C9H18F2N2. The average Bonchev–Trinajstić information content (AvgIpc) is 2.26. The van der Waals surface area contributed by atoms with E-state index < -0.39 is 12.5 Å². The molecule has 3 atom stereocenters. The van der Waals surface area contributed by atoms with Crippen molar-refractivity contribution in [2.24, 2.45) is 5.92 Å². The molecule has 0 aromatic heterocycles. The van der Waals surface area contributed by atoms with E-state index in [0.717, 1.165) is 12.8 Å². The minimum atomic E-state index is -2.28. The number of hydrogen-bond donors (Lipinski definition) is 2. The lowest BCUT2D eigenvalue weighted by molar-refractivity contribution is 0.0742. The highest BCUT2D eigenvalue weighted by atomic mass is 19.3. The molecule has 0 bridgehead atoms. The van der Waals surface area contributed by atoms with Crippen LogP contribution in [0.1, 0.15) is 19.8 Å². The highest BCUT2D eigenvalue weighted by Crippen LogP contribution is 2.20. The highest BCUT2D eigenvalue weighted by Gasteiger charge is 2.33. The fourth-order valence-corrected chi connectivity index (χ4v) is 2.06. The normalized spacial score (nSPS) is 36.2. The van der Waals surface area contributed by atoms with Crippen molar-refractivity contribution in [1.29, 1.82) is 0 Å². The molecule has 0 aromatic carbocycles. The second kappa shape index (κ2) is 4.86. The average molecular weight is 192 g/mol. The number of alkyl halides is 2. The van der Waals surface area contributed by atoms with Crippen molar-refractivity contribution in [3.05, 3.63) is 0 Å². The number of halogens is 2. The van der Waals surface area contributed by atoms with Crippen molar-refractivity contribution in [2.75, 3.05) is 13.6 Å². The van der Waals surface area contributed by atoms with Crippen molar-refractivity contribution < 1.29 is 8.78 Å². The van der Waals surface area contributed by atoms with Gasteiger partial charge in [-0.05, 0) is 32.4 Å². The van der Waals surface area contributed by atoms with Gasteiger partial charge in [0, 0.05) is 6.04 Å². The summed E-state index contributed by atoms with van der Waals surface area (Å²) in [5.74, 6) is 0.319. The maximum absolute atomic E-state index is 12.6. The van der Waals surface area contributed by atoms with Crippen LogP contribution in [0.4, 0.5) is 8.78 Å². The van der Waals surface area contributed by atoms with Crippen LogP contribution in [-0.2, 0) is 0 Å². The predicted molar refractivity (Wildman–Crippen MR) is 49.0 cm³/mol. The summed E-state index contributed by atoms with van der Waals surface area (Å²) in [6.07, 6.45) is -0.275. The molecule has 1 rings (SSSR count). The van der Waals surface area contributed by atoms with Crippen molar-refractivity contribution in [3.63, 3.8) is 0 Å². The van der Waals surface area contributed by atoms with Gasteiger partial charge in [0.05, 0.1) is 6.04 Å². The van der Waals surface area contributed by atoms with Crippen LogP contribution in [0.2, 0.25) is 0 Å². The Balaban J connectivity index is 2.65. The maximum Gasteiger partial charge on any atom is 0.255 e. The van der Waals surface area contributed by atoms with Crippen LogP contribution < -0.4 is 10.6 Å². The Hall–Kier alpha value is -0.220. The van der Waals surface area contributed by atoms with Gasteiger partial charge in [-0.15, -0.1) is 0 Å². The van der Waals surface area contributed by atoms with Crippen LogP contribution in [-0.4, -0.2) is 32.1 Å². The molecule has 0 radical (unpaired) electrons. The van der Waals surface area contributed by atoms with Crippen molar-refractivity contribution >= 4 is 0 Å². The fourth-order valence-electron chi connectivity index (χ4n) is 2.06. The molecule has 0 spiro atoms. The maximum atomic E-state index is 12.6. The summed E-state index contributed by atoms with van der Waals surface area (Å²) < 4.78 is 25.2. The van der Waals surface area contributed by atoms with Gasteiger partial charge in [-0.1, -0.05) is 6.92 Å². The smallest absolute Gasteiger partial charge is 0.255 e. The first-order valence-electron chi connectivity index (χ1n) is 4.85. The monoisotopic (exact) mass is 192 g/mol. The van der Waals surface area contributed by atoms with Gasteiger partial charge in [0.25, 0.3) is 6.43 Å². The van der Waals surface area contributed by atoms with Gasteiger partial charge < -0.3 is 10.6 Å². The van der Waals surface area contributed by atoms with Gasteiger partial charge in [0.1, 0.15) is 0 Å². The molecule has 3 unspecified atom stereocenters. The third kappa shape index (κ3) is 2.61. The van der Waals surface area contributed by atoms with Crippen LogP contribution in [0.5, 0.6) is 0 Å². The van der Waals surface area contributed by atoms with E-state index in [9.17, 15) is 8.78 Å². The first-order chi connectivity index (χ1) is 6.16. The first-order valence-corrected chi connectivity index (χ1v) is 4.85. The summed E-state index contributed by atoms with van der Waals surface area (Å²) in [4.78, 5) is 0. The standard InChI is InChI=1S/C9H18F2N2/c1-6-4-3-5-13-8(9(10)11)7(6)12-2/h6-9,12-13H,3-5H2,1-2H3. The van der Waals surface area contributed by atoms with E-state index in [1.807, 2.05) is 6.92 Å². The number of nitrogens with one attached hydrogen (secondary N) is 2. The largest absolute Gasteiger partial charge is 0.315 e. The van der Waals surface area contributed by atoms with Gasteiger partial charge >= 0.3 is 0 Å². The molecule has 78 valence electrons. The minimum Gasteiger partial charge on any atom is -0.315 e. The highest BCUT2D eigenvalue weighted by molar-refractivity contribution is 4.89. The quantitative estimate of drug-likeness (QED) is 0.687. The summed E-state index contributed by atoms with van der Waals surface area (Å²) in [5, 5.41) is 5.88. The molecule has 1 fully saturated rings. The summed E-state index contributed by atoms with van der Waals surface area (Å²) in [6.45, 7) is 2.74. The Bertz CT molecular complexity index is 153. The van der Waals surface area contributed by atoms with Crippen LogP contribution in [0.3, 0.4) is 0 Å². The number of likely N-dealkylation sites (N-methyl/N-ethyl adjacent to an activating group) is 1. The fraction of sp³-hybridized carbons (Fsp3) is 1.00. The Morgan fingerprint density at radius 2 is 2.15 bits per heavy atom. The van der Waals surface area contributed by atoms with Crippen molar-refractivity contribution in [2.45, 2.75) is 38.3 Å². The van der Waals surface area contributed by atoms with E-state index in [1.165, 1.54) is 0 Å². The molecule has 2 nitrogen and oxygen atoms in total. The Morgan fingerprint density at radius 1 is 1.46 bits per heavy atom. The summed E-state index contributed by atoms with van der Waals surface area (Å²) in [6, 6.07) is -0.801. The van der Waals surface area contributed by atoms with Crippen LogP contribution in [0, 0.1) is 5.92 Å². The molecule has 0 amide bonds. The SMILES string of the molecule is CNC1C(C)CCCNC1C(F)F. The van der Waals surface area contributed by atoms with E-state index in [0.29, 0.717) is 12.5 Å². The van der Waals surface area contributed by atoms with Gasteiger partial charge in [-0.2, -0.15) is 0 Å². The van der Waals surface area contributed by atoms with E-state index in [-0.39, 0.29) is 6.04 Å². The molecule has 0 saturated carbocycles. The van der Waals surface area contributed by atoms with Gasteiger partial charge in [-0.25, -0.2) is 8.78 Å². The van der Waals surface area contributed by atoms with E-state index in [4.69, 9.17) is 0 Å². The third-order valence-corrected chi connectivity index (χ3v) is 2.82. The van der Waals surface area contributed by atoms with Gasteiger partial charge in [-0.3, -0.25) is 0 Å². The van der Waals surface area contributed by atoms with Crippen LogP contribution in [0.15, 0.2) is 0 Å². The molecule has 13 heavy (non-hydrogen) atoms. The summed E-state index contributed by atoms with van der Waals surface area (Å²) >= 11 is 0. The van der Waals surface area contributed by atoms with Crippen molar-refractivity contribution in [1.82, 2.24) is 10.6 Å². The minimum absolute atomic E-state index is 0.109. The predicted octanol–water partition coefficient (Wildman–Crippen LogP) is 1.23. The van der Waals surface area contributed by atoms with Gasteiger partial charge in [0.2, 0.25) is 0 Å². The lowest BCUT2D eigenvalue weighted by atomic mass is 9.93. The van der Waals surface area contributed by atoms with E-state index in [2.05, 4.69) is 10.6 Å². The number of rotatable bonds is 2. The van der Waals surface area contributed by atoms with Crippen LogP contribution in [0.25, 0.3) is 0 Å². The first kappa shape index (κ1) is 10.9. The third-order valence-electron chi connectivity index (χ3n) is 2.82. The Labute approximate surface area is 78.1 Å². The van der Waals surface area contributed by atoms with Crippen molar-refractivity contribution in [3.8, 4) is 0 Å². The summed E-state index contributed by atoms with van der Waals surface area (Å²) in [5.41, 5.74) is 0. The Kier molecular flexibility index (Phi) is 4.06. The zero-order chi connectivity index (χ0) is 9.84. The topological polar surface area (TPSA) is 24.1 Å². The van der Waals surface area contributed by atoms with Crippen LogP contribution >= 0.6 is 0 Å². The second-order valence-electron chi connectivity index (χ2n) is 3.75. The second-order valence-corrected chi connectivity index (χ2v) is 3.75. The molecule has 0 aromatic rings. The molecule has 1 heterocycles.